The number of nitrogens with one attached hydrogen (secondary N) is 1. The first-order valence-electron chi connectivity index (χ1n) is 7.60. The highest BCUT2D eigenvalue weighted by atomic mass is 79.9. The molecule has 3 rings (SSSR count). The topological polar surface area (TPSA) is 69.6 Å². The molecule has 27 heavy (non-hydrogen) atoms. The molecule has 0 spiro atoms. The van der Waals surface area contributed by atoms with Crippen molar-refractivity contribution in [3.63, 3.8) is 0 Å². The summed E-state index contributed by atoms with van der Waals surface area (Å²) in [7, 11) is 0. The molecule has 0 saturated carbocycles. The van der Waals surface area contributed by atoms with Gasteiger partial charge in [0, 0.05) is 15.5 Å². The Morgan fingerprint density at radius 3 is 1.89 bits per heavy atom. The molecule has 0 unspecified atom stereocenters. The molecular weight excluding hydrogens is 501 g/mol. The number of benzene rings is 3. The second kappa shape index (κ2) is 8.33. The highest BCUT2D eigenvalue weighted by molar-refractivity contribution is 9.11. The van der Waals surface area contributed by atoms with Crippen molar-refractivity contribution in [2.75, 3.05) is 5.32 Å². The van der Waals surface area contributed by atoms with Crippen LogP contribution >= 0.6 is 43.6 Å². The fraction of sp³-hybridized carbons (Fsp3) is 0. The second-order valence-electron chi connectivity index (χ2n) is 5.45. The quantitative estimate of drug-likeness (QED) is 0.391. The van der Waals surface area contributed by atoms with Gasteiger partial charge in [0.1, 0.15) is 22.9 Å². The van der Waals surface area contributed by atoms with E-state index in [0.717, 1.165) is 9.79 Å². The maximum absolute atomic E-state index is 13.0. The third-order valence-electron chi connectivity index (χ3n) is 3.57. The molecule has 0 aliphatic carbocycles. The van der Waals surface area contributed by atoms with Gasteiger partial charge in [-0.25, -0.2) is 4.39 Å². The highest BCUT2D eigenvalue weighted by Gasteiger charge is 2.21. The van der Waals surface area contributed by atoms with Crippen molar-refractivity contribution in [2.45, 2.75) is 9.79 Å². The van der Waals surface area contributed by atoms with Crippen molar-refractivity contribution in [2.24, 2.45) is 0 Å². The van der Waals surface area contributed by atoms with Crippen molar-refractivity contribution in [3.8, 4) is 11.5 Å². The van der Waals surface area contributed by atoms with Gasteiger partial charge in [0.2, 0.25) is 0 Å². The predicted molar refractivity (Wildman–Crippen MR) is 110 cm³/mol. The van der Waals surface area contributed by atoms with Gasteiger partial charge in [-0.1, -0.05) is 11.8 Å². The van der Waals surface area contributed by atoms with Gasteiger partial charge in [0.25, 0.3) is 5.91 Å². The maximum atomic E-state index is 13.0. The fourth-order valence-electron chi connectivity index (χ4n) is 2.25. The summed E-state index contributed by atoms with van der Waals surface area (Å²) in [4.78, 5) is 14.3. The van der Waals surface area contributed by atoms with Crippen molar-refractivity contribution in [1.82, 2.24) is 0 Å². The van der Waals surface area contributed by atoms with E-state index in [2.05, 4.69) is 37.2 Å². The summed E-state index contributed by atoms with van der Waals surface area (Å²) >= 11 is 7.72. The molecular formula is C19H12Br2FNO3S. The lowest BCUT2D eigenvalue weighted by Gasteiger charge is -2.11. The van der Waals surface area contributed by atoms with E-state index >= 15 is 0 Å². The largest absolute Gasteiger partial charge is 0.506 e. The van der Waals surface area contributed by atoms with E-state index in [4.69, 9.17) is 0 Å². The van der Waals surface area contributed by atoms with Crippen LogP contribution in [0.2, 0.25) is 0 Å². The average Bonchev–Trinajstić information content (AvgIpc) is 2.64. The number of phenols is 2. The van der Waals surface area contributed by atoms with Gasteiger partial charge >= 0.3 is 0 Å². The Kier molecular flexibility index (Phi) is 6.08. The smallest absolute Gasteiger partial charge is 0.263 e. The molecule has 0 atom stereocenters. The van der Waals surface area contributed by atoms with Crippen LogP contribution in [0.1, 0.15) is 10.4 Å². The number of rotatable bonds is 4. The molecule has 3 aromatic carbocycles. The van der Waals surface area contributed by atoms with Crippen LogP contribution in [0.15, 0.2) is 73.3 Å². The molecule has 0 saturated heterocycles. The lowest BCUT2D eigenvalue weighted by atomic mass is 10.1. The molecule has 0 aromatic heterocycles. The van der Waals surface area contributed by atoms with Crippen molar-refractivity contribution in [1.29, 1.82) is 0 Å². The number of hydrogen-bond donors (Lipinski definition) is 3. The second-order valence-corrected chi connectivity index (χ2v) is 8.30. The zero-order valence-electron chi connectivity index (χ0n) is 13.5. The number of anilines is 1. The number of aromatic hydroxyl groups is 2. The lowest BCUT2D eigenvalue weighted by molar-refractivity contribution is 0.102. The summed E-state index contributed by atoms with van der Waals surface area (Å²) in [6, 6.07) is 14.6. The average molecular weight is 513 g/mol. The van der Waals surface area contributed by atoms with E-state index in [9.17, 15) is 19.4 Å². The Morgan fingerprint density at radius 1 is 0.889 bits per heavy atom. The third kappa shape index (κ3) is 4.63. The first-order chi connectivity index (χ1) is 12.8. The lowest BCUT2D eigenvalue weighted by Crippen LogP contribution is -2.12. The molecule has 0 radical (unpaired) electrons. The zero-order chi connectivity index (χ0) is 19.6. The summed E-state index contributed by atoms with van der Waals surface area (Å²) in [6.07, 6.45) is 0. The number of phenolic OH excluding ortho intramolecular Hbond substituents is 2. The van der Waals surface area contributed by atoms with Crippen molar-refractivity contribution in [3.05, 3.63) is 74.9 Å². The van der Waals surface area contributed by atoms with Crippen LogP contribution in [0.4, 0.5) is 10.1 Å². The summed E-state index contributed by atoms with van der Waals surface area (Å²) < 4.78 is 13.5. The number of amides is 1. The van der Waals surface area contributed by atoms with E-state index in [0.29, 0.717) is 5.69 Å². The van der Waals surface area contributed by atoms with E-state index < -0.39 is 5.91 Å². The predicted octanol–water partition coefficient (Wildman–Crippen LogP) is 6.17. The molecule has 4 nitrogen and oxygen atoms in total. The first kappa shape index (κ1) is 19.7. The van der Waals surface area contributed by atoms with Gasteiger partial charge in [-0.3, -0.25) is 4.79 Å². The van der Waals surface area contributed by atoms with Crippen molar-refractivity contribution >= 4 is 55.2 Å². The number of carbonyl (C=O) groups excluding carboxylic acids is 1. The van der Waals surface area contributed by atoms with Crippen LogP contribution in [-0.4, -0.2) is 16.1 Å². The standard InChI is InChI=1S/C19H12Br2FNO3S/c20-14-9-15(21)18(25)16(17(14)24)19(26)23-11-3-7-13(8-4-11)27-12-5-1-10(22)2-6-12/h1-9,24-25H,(H,23,26). The van der Waals surface area contributed by atoms with Gasteiger partial charge in [0.15, 0.2) is 0 Å². The van der Waals surface area contributed by atoms with Crippen LogP contribution in [0.25, 0.3) is 0 Å². The minimum Gasteiger partial charge on any atom is -0.506 e. The summed E-state index contributed by atoms with van der Waals surface area (Å²) in [5, 5.41) is 22.8. The van der Waals surface area contributed by atoms with Gasteiger partial charge in [-0.05, 0) is 86.5 Å². The van der Waals surface area contributed by atoms with Crippen LogP contribution in [0, 0.1) is 5.82 Å². The van der Waals surface area contributed by atoms with E-state index in [1.165, 1.54) is 30.0 Å². The molecule has 0 aliphatic heterocycles. The summed E-state index contributed by atoms with van der Waals surface area (Å²) in [5.41, 5.74) is 0.263. The molecule has 3 N–H and O–H groups in total. The van der Waals surface area contributed by atoms with Crippen LogP contribution in [-0.2, 0) is 0 Å². The van der Waals surface area contributed by atoms with Gasteiger partial charge < -0.3 is 15.5 Å². The molecule has 0 aliphatic rings. The molecule has 0 fully saturated rings. The molecule has 8 heteroatoms. The summed E-state index contributed by atoms with van der Waals surface area (Å²) in [5.74, 6) is -1.64. The Bertz CT molecular complexity index is 969. The van der Waals surface area contributed by atoms with Crippen LogP contribution in [0.5, 0.6) is 11.5 Å². The SMILES string of the molecule is O=C(Nc1ccc(Sc2ccc(F)cc2)cc1)c1c(O)c(Br)cc(Br)c1O. The minimum absolute atomic E-state index is 0.235. The summed E-state index contributed by atoms with van der Waals surface area (Å²) in [6.45, 7) is 0. The maximum Gasteiger partial charge on any atom is 0.263 e. The van der Waals surface area contributed by atoms with Gasteiger partial charge in [-0.2, -0.15) is 0 Å². The third-order valence-corrected chi connectivity index (χ3v) is 5.79. The Hall–Kier alpha value is -2.03. The zero-order valence-corrected chi connectivity index (χ0v) is 17.5. The first-order valence-corrected chi connectivity index (χ1v) is 10.00. The Balaban J connectivity index is 1.75. The normalized spacial score (nSPS) is 10.6. The van der Waals surface area contributed by atoms with E-state index in [-0.39, 0.29) is 31.8 Å². The number of carbonyl (C=O) groups is 1. The van der Waals surface area contributed by atoms with Crippen molar-refractivity contribution < 1.29 is 19.4 Å². The van der Waals surface area contributed by atoms with Crippen LogP contribution in [0.3, 0.4) is 0 Å². The molecule has 0 heterocycles. The monoisotopic (exact) mass is 511 g/mol. The number of halogens is 3. The van der Waals surface area contributed by atoms with Crippen LogP contribution < -0.4 is 5.32 Å². The molecule has 138 valence electrons. The fourth-order valence-corrected chi connectivity index (χ4v) is 4.23. The molecule has 1 amide bonds. The Morgan fingerprint density at radius 2 is 1.37 bits per heavy atom. The molecule has 3 aromatic rings. The van der Waals surface area contributed by atoms with Gasteiger partial charge in [-0.15, -0.1) is 0 Å². The van der Waals surface area contributed by atoms with E-state index in [1.54, 1.807) is 36.4 Å². The van der Waals surface area contributed by atoms with E-state index in [1.807, 2.05) is 0 Å². The number of hydrogen-bond acceptors (Lipinski definition) is 4. The molecule has 0 bridgehead atoms. The minimum atomic E-state index is -0.647. The Labute approximate surface area is 175 Å². The van der Waals surface area contributed by atoms with Gasteiger partial charge in [0.05, 0.1) is 8.95 Å². The highest BCUT2D eigenvalue weighted by Crippen LogP contribution is 2.40.